The maximum Gasteiger partial charge on any atom is 0.472 e. The molecule has 19 heteroatoms. The monoisotopic (exact) mass is 1160 g/mol. The highest BCUT2D eigenvalue weighted by Gasteiger charge is 2.30. The minimum Gasteiger partial charge on any atom is -0.462 e. The third-order valence-corrected chi connectivity index (χ3v) is 15.4. The first kappa shape index (κ1) is 76.1. The van der Waals surface area contributed by atoms with Crippen molar-refractivity contribution >= 4 is 39.5 Å². The zero-order valence-electron chi connectivity index (χ0n) is 49.8. The van der Waals surface area contributed by atoms with Crippen LogP contribution in [0, 0.1) is 5.92 Å². The number of carbonyl (C=O) groups is 4. The molecule has 0 aromatic rings. The Labute approximate surface area is 473 Å². The molecule has 3 N–H and O–H groups in total. The van der Waals surface area contributed by atoms with Gasteiger partial charge in [-0.1, -0.05) is 240 Å². The molecule has 462 valence electrons. The van der Waals surface area contributed by atoms with E-state index in [2.05, 4.69) is 34.6 Å². The summed E-state index contributed by atoms with van der Waals surface area (Å²) in [4.78, 5) is 71.6. The highest BCUT2D eigenvalue weighted by molar-refractivity contribution is 7.47. The molecule has 0 aliphatic heterocycles. The van der Waals surface area contributed by atoms with Gasteiger partial charge in [0.25, 0.3) is 0 Å². The van der Waals surface area contributed by atoms with Crippen molar-refractivity contribution in [1.29, 1.82) is 0 Å². The summed E-state index contributed by atoms with van der Waals surface area (Å²) in [5.74, 6) is -1.36. The molecule has 0 amide bonds. The number of carbonyl (C=O) groups excluding carboxylic acids is 4. The Kier molecular flexibility index (Phi) is 51.8. The topological polar surface area (TPSA) is 237 Å². The smallest absolute Gasteiger partial charge is 0.462 e. The van der Waals surface area contributed by atoms with E-state index in [1.165, 1.54) is 96.3 Å². The second-order valence-corrected chi connectivity index (χ2v) is 24.8. The molecule has 0 spiro atoms. The highest BCUT2D eigenvalue weighted by Crippen LogP contribution is 2.45. The van der Waals surface area contributed by atoms with Crippen LogP contribution in [-0.2, 0) is 65.4 Å². The molecule has 0 aliphatic rings. The highest BCUT2D eigenvalue weighted by atomic mass is 31.2. The number of hydrogen-bond acceptors (Lipinski definition) is 15. The maximum absolute atomic E-state index is 12.9. The van der Waals surface area contributed by atoms with Gasteiger partial charge in [-0.05, 0) is 31.6 Å². The van der Waals surface area contributed by atoms with E-state index >= 15 is 0 Å². The van der Waals surface area contributed by atoms with Crippen LogP contribution in [0.15, 0.2) is 0 Å². The van der Waals surface area contributed by atoms with Crippen molar-refractivity contribution in [2.45, 2.75) is 310 Å². The van der Waals surface area contributed by atoms with E-state index in [9.17, 15) is 43.2 Å². The van der Waals surface area contributed by atoms with Crippen molar-refractivity contribution < 1.29 is 80.2 Å². The average Bonchev–Trinajstić information content (AvgIpc) is 3.40. The second kappa shape index (κ2) is 53.1. The Morgan fingerprint density at radius 3 is 0.872 bits per heavy atom. The molecule has 0 saturated heterocycles. The zero-order chi connectivity index (χ0) is 57.8. The summed E-state index contributed by atoms with van der Waals surface area (Å²) in [6.07, 6.45) is 35.3. The third kappa shape index (κ3) is 53.4. The fourth-order valence-electron chi connectivity index (χ4n) is 8.70. The van der Waals surface area contributed by atoms with E-state index in [1.54, 1.807) is 0 Å². The van der Waals surface area contributed by atoms with Gasteiger partial charge in [0.2, 0.25) is 0 Å². The van der Waals surface area contributed by atoms with Gasteiger partial charge >= 0.3 is 39.5 Å². The molecular weight excluding hydrogens is 1040 g/mol. The van der Waals surface area contributed by atoms with Crippen molar-refractivity contribution in [2.24, 2.45) is 5.92 Å². The molecule has 0 fully saturated rings. The molecular formula is C59H114O17P2. The van der Waals surface area contributed by atoms with E-state index in [1.807, 2.05) is 0 Å². The molecule has 0 aliphatic carbocycles. The van der Waals surface area contributed by atoms with Crippen LogP contribution < -0.4 is 0 Å². The third-order valence-electron chi connectivity index (χ3n) is 13.5. The number of phosphoric acid groups is 2. The van der Waals surface area contributed by atoms with E-state index < -0.39 is 97.5 Å². The van der Waals surface area contributed by atoms with Crippen molar-refractivity contribution in [1.82, 2.24) is 0 Å². The Balaban J connectivity index is 5.10. The van der Waals surface area contributed by atoms with Crippen molar-refractivity contribution in [2.75, 3.05) is 39.6 Å². The molecule has 0 bridgehead atoms. The summed E-state index contributed by atoms with van der Waals surface area (Å²) in [6.45, 7) is 7.04. The van der Waals surface area contributed by atoms with Crippen LogP contribution in [-0.4, -0.2) is 96.7 Å². The van der Waals surface area contributed by atoms with Gasteiger partial charge < -0.3 is 33.8 Å². The van der Waals surface area contributed by atoms with Crippen LogP contribution in [0.2, 0.25) is 0 Å². The number of unbranched alkanes of at least 4 members (excludes halogenated alkanes) is 31. The lowest BCUT2D eigenvalue weighted by Crippen LogP contribution is -2.30. The molecule has 0 saturated carbocycles. The Bertz CT molecular complexity index is 1530. The van der Waals surface area contributed by atoms with Crippen LogP contribution in [0.5, 0.6) is 0 Å². The molecule has 17 nitrogen and oxygen atoms in total. The maximum atomic E-state index is 12.9. The van der Waals surface area contributed by atoms with E-state index in [-0.39, 0.29) is 25.7 Å². The SMILES string of the molecule is CCCCCCCCCCC(=O)OC[C@H](COP(=O)(O)OC[C@@H](O)COP(=O)(O)OC[C@@H](COC(=O)CCCCCCC)OC(=O)CCCCCCCCCC)OC(=O)CCCCCCCCCCCCCCCCC(C)C. The van der Waals surface area contributed by atoms with E-state index in [0.29, 0.717) is 25.7 Å². The predicted octanol–water partition coefficient (Wildman–Crippen LogP) is 15.8. The first-order valence-corrected chi connectivity index (χ1v) is 34.1. The summed E-state index contributed by atoms with van der Waals surface area (Å²) in [5.41, 5.74) is 0. The molecule has 0 radical (unpaired) electrons. The number of rotatable bonds is 59. The van der Waals surface area contributed by atoms with Crippen LogP contribution in [0.4, 0.5) is 0 Å². The zero-order valence-corrected chi connectivity index (χ0v) is 51.6. The molecule has 5 atom stereocenters. The molecule has 0 heterocycles. The van der Waals surface area contributed by atoms with Crippen LogP contribution in [0.3, 0.4) is 0 Å². The van der Waals surface area contributed by atoms with Crippen molar-refractivity contribution in [3.63, 3.8) is 0 Å². The van der Waals surface area contributed by atoms with Crippen LogP contribution in [0.25, 0.3) is 0 Å². The molecule has 0 rings (SSSR count). The fraction of sp³-hybridized carbons (Fsp3) is 0.932. The minimum absolute atomic E-state index is 0.104. The van der Waals surface area contributed by atoms with Crippen LogP contribution >= 0.6 is 15.6 Å². The predicted molar refractivity (Wildman–Crippen MR) is 308 cm³/mol. The summed E-state index contributed by atoms with van der Waals surface area (Å²) in [5, 5.41) is 10.5. The summed E-state index contributed by atoms with van der Waals surface area (Å²) in [7, 11) is -9.86. The standard InChI is InChI=1S/C59H114O17P2/c1-6-9-12-15-17-28-33-38-43-57(62)70-49-55(76-59(64)45-40-35-30-26-24-22-20-19-21-23-25-27-32-36-41-52(4)5)51-74-78(67,68)72-47-53(60)46-71-77(65,66)73-50-54(48-69-56(61)42-37-31-14-11-8-3)75-58(63)44-39-34-29-18-16-13-10-7-2/h52-55,60H,6-51H2,1-5H3,(H,65,66)(H,67,68)/t53-,54+,55+/m0/s1. The molecule has 0 aromatic heterocycles. The van der Waals surface area contributed by atoms with E-state index in [0.717, 1.165) is 115 Å². The summed E-state index contributed by atoms with van der Waals surface area (Å²) in [6, 6.07) is 0. The number of esters is 4. The fourth-order valence-corrected chi connectivity index (χ4v) is 10.3. The lowest BCUT2D eigenvalue weighted by molar-refractivity contribution is -0.161. The van der Waals surface area contributed by atoms with Gasteiger partial charge in [0.05, 0.1) is 26.4 Å². The van der Waals surface area contributed by atoms with Crippen molar-refractivity contribution in [3.8, 4) is 0 Å². The first-order valence-electron chi connectivity index (χ1n) is 31.1. The van der Waals surface area contributed by atoms with E-state index in [4.69, 9.17) is 37.0 Å². The number of aliphatic hydroxyl groups excluding tert-OH is 1. The molecule has 2 unspecified atom stereocenters. The quantitative estimate of drug-likeness (QED) is 0.0222. The van der Waals surface area contributed by atoms with Gasteiger partial charge in [-0.2, -0.15) is 0 Å². The van der Waals surface area contributed by atoms with Gasteiger partial charge in [0, 0.05) is 25.7 Å². The minimum atomic E-state index is -4.93. The lowest BCUT2D eigenvalue weighted by Gasteiger charge is -2.21. The van der Waals surface area contributed by atoms with Crippen molar-refractivity contribution in [3.05, 3.63) is 0 Å². The number of phosphoric ester groups is 2. The lowest BCUT2D eigenvalue weighted by atomic mass is 10.0. The first-order chi connectivity index (χ1) is 37.5. The molecule has 0 aromatic carbocycles. The summed E-state index contributed by atoms with van der Waals surface area (Å²) >= 11 is 0. The number of hydrogen-bond donors (Lipinski definition) is 3. The molecule has 78 heavy (non-hydrogen) atoms. The van der Waals surface area contributed by atoms with Gasteiger partial charge in [0.15, 0.2) is 12.2 Å². The number of aliphatic hydroxyl groups is 1. The van der Waals surface area contributed by atoms with Crippen LogP contribution in [0.1, 0.15) is 291 Å². The largest absolute Gasteiger partial charge is 0.472 e. The number of ether oxygens (including phenoxy) is 4. The van der Waals surface area contributed by atoms with Gasteiger partial charge in [-0.15, -0.1) is 0 Å². The Hall–Kier alpha value is -1.94. The van der Waals surface area contributed by atoms with Gasteiger partial charge in [-0.25, -0.2) is 9.13 Å². The normalized spacial score (nSPS) is 14.4. The average molecular weight is 1160 g/mol. The Morgan fingerprint density at radius 1 is 0.346 bits per heavy atom. The van der Waals surface area contributed by atoms with Gasteiger partial charge in [-0.3, -0.25) is 37.3 Å². The van der Waals surface area contributed by atoms with Gasteiger partial charge in [0.1, 0.15) is 19.3 Å². The second-order valence-electron chi connectivity index (χ2n) is 21.9. The summed E-state index contributed by atoms with van der Waals surface area (Å²) < 4.78 is 67.5. The Morgan fingerprint density at radius 2 is 0.590 bits per heavy atom.